The lowest BCUT2D eigenvalue weighted by atomic mass is 10.2. The first kappa shape index (κ1) is 16.4. The predicted octanol–water partition coefficient (Wildman–Crippen LogP) is 4.21. The second-order valence-electron chi connectivity index (χ2n) is 5.50. The van der Waals surface area contributed by atoms with Crippen molar-refractivity contribution in [3.8, 4) is 0 Å². The summed E-state index contributed by atoms with van der Waals surface area (Å²) in [5, 5.41) is 17.6. The van der Waals surface area contributed by atoms with Crippen LogP contribution in [0, 0.1) is 10.1 Å². The van der Waals surface area contributed by atoms with E-state index in [1.807, 2.05) is 60.7 Å². The lowest BCUT2D eigenvalue weighted by Gasteiger charge is -2.09. The minimum absolute atomic E-state index is 0.0460. The van der Waals surface area contributed by atoms with Crippen LogP contribution in [0.15, 0.2) is 72.8 Å². The largest absolute Gasteiger partial charge is 0.379 e. The standard InChI is InChI=1S/C19H18N4O2/c24-23(25)19-11-17(13-20-15-7-3-1-4-8-15)22-18(12-19)14-21-16-9-5-2-6-10-16/h1-12,20-21H,13-14H2. The van der Waals surface area contributed by atoms with Crippen molar-refractivity contribution in [2.45, 2.75) is 13.1 Å². The van der Waals surface area contributed by atoms with Crippen molar-refractivity contribution in [2.75, 3.05) is 10.6 Å². The van der Waals surface area contributed by atoms with E-state index in [4.69, 9.17) is 0 Å². The number of anilines is 2. The molecule has 0 spiro atoms. The molecule has 0 unspecified atom stereocenters. The summed E-state index contributed by atoms with van der Waals surface area (Å²) in [6.07, 6.45) is 0. The summed E-state index contributed by atoms with van der Waals surface area (Å²) in [5.74, 6) is 0. The van der Waals surface area contributed by atoms with Gasteiger partial charge in [0.15, 0.2) is 0 Å². The van der Waals surface area contributed by atoms with Crippen molar-refractivity contribution in [3.63, 3.8) is 0 Å². The number of nitrogens with zero attached hydrogens (tertiary/aromatic N) is 2. The third-order valence-corrected chi connectivity index (χ3v) is 3.62. The molecule has 25 heavy (non-hydrogen) atoms. The highest BCUT2D eigenvalue weighted by Gasteiger charge is 2.11. The van der Waals surface area contributed by atoms with Gasteiger partial charge in [0.25, 0.3) is 5.69 Å². The zero-order chi connectivity index (χ0) is 17.5. The van der Waals surface area contributed by atoms with Gasteiger partial charge in [0.2, 0.25) is 0 Å². The smallest absolute Gasteiger partial charge is 0.273 e. The predicted molar refractivity (Wildman–Crippen MR) is 98.4 cm³/mol. The van der Waals surface area contributed by atoms with Crippen molar-refractivity contribution < 1.29 is 4.92 Å². The van der Waals surface area contributed by atoms with E-state index in [1.54, 1.807) is 0 Å². The van der Waals surface area contributed by atoms with Gasteiger partial charge in [-0.15, -0.1) is 0 Å². The molecular formula is C19H18N4O2. The van der Waals surface area contributed by atoms with Crippen LogP contribution < -0.4 is 10.6 Å². The summed E-state index contributed by atoms with van der Waals surface area (Å²) in [6, 6.07) is 22.3. The average Bonchev–Trinajstić information content (AvgIpc) is 2.66. The Labute approximate surface area is 145 Å². The number of para-hydroxylation sites is 2. The molecule has 0 saturated carbocycles. The molecule has 6 nitrogen and oxygen atoms in total. The first-order valence-electron chi connectivity index (χ1n) is 7.93. The van der Waals surface area contributed by atoms with E-state index >= 15 is 0 Å². The molecule has 0 radical (unpaired) electrons. The molecule has 1 aromatic heterocycles. The van der Waals surface area contributed by atoms with E-state index in [9.17, 15) is 10.1 Å². The van der Waals surface area contributed by atoms with Crippen LogP contribution in [-0.2, 0) is 13.1 Å². The van der Waals surface area contributed by atoms with Crippen LogP contribution >= 0.6 is 0 Å². The SMILES string of the molecule is O=[N+]([O-])c1cc(CNc2ccccc2)nc(CNc2ccccc2)c1. The van der Waals surface area contributed by atoms with Crippen LogP contribution in [-0.4, -0.2) is 9.91 Å². The van der Waals surface area contributed by atoms with Gasteiger partial charge in [0, 0.05) is 23.5 Å². The van der Waals surface area contributed by atoms with E-state index < -0.39 is 0 Å². The molecule has 0 atom stereocenters. The molecule has 0 aliphatic carbocycles. The Kier molecular flexibility index (Phi) is 5.21. The quantitative estimate of drug-likeness (QED) is 0.499. The van der Waals surface area contributed by atoms with Crippen molar-refractivity contribution in [1.29, 1.82) is 0 Å². The molecule has 3 rings (SSSR count). The van der Waals surface area contributed by atoms with Gasteiger partial charge in [-0.2, -0.15) is 0 Å². The highest BCUT2D eigenvalue weighted by Crippen LogP contribution is 2.17. The molecule has 0 amide bonds. The molecule has 0 saturated heterocycles. The summed E-state index contributed by atoms with van der Waals surface area (Å²) >= 11 is 0. The number of pyridine rings is 1. The summed E-state index contributed by atoms with van der Waals surface area (Å²) in [4.78, 5) is 15.3. The first-order chi connectivity index (χ1) is 12.2. The highest BCUT2D eigenvalue weighted by molar-refractivity contribution is 5.45. The number of rotatable bonds is 7. The molecule has 0 bridgehead atoms. The normalized spacial score (nSPS) is 10.2. The molecule has 6 heteroatoms. The van der Waals surface area contributed by atoms with Gasteiger partial charge in [-0.25, -0.2) is 0 Å². The van der Waals surface area contributed by atoms with Crippen LogP contribution in [0.2, 0.25) is 0 Å². The maximum absolute atomic E-state index is 11.2. The molecule has 0 aliphatic heterocycles. The number of nitrogens with one attached hydrogen (secondary N) is 2. The molecule has 2 aromatic carbocycles. The third kappa shape index (κ3) is 4.78. The lowest BCUT2D eigenvalue weighted by molar-refractivity contribution is -0.385. The van der Waals surface area contributed by atoms with Crippen molar-refractivity contribution in [2.24, 2.45) is 0 Å². The van der Waals surface area contributed by atoms with E-state index in [1.165, 1.54) is 12.1 Å². The van der Waals surface area contributed by atoms with Gasteiger partial charge in [0.05, 0.1) is 29.4 Å². The zero-order valence-electron chi connectivity index (χ0n) is 13.6. The van der Waals surface area contributed by atoms with Gasteiger partial charge in [-0.3, -0.25) is 15.1 Å². The number of nitro groups is 1. The molecule has 3 aromatic rings. The maximum Gasteiger partial charge on any atom is 0.273 e. The fourth-order valence-electron chi connectivity index (χ4n) is 2.42. The summed E-state index contributed by atoms with van der Waals surface area (Å²) < 4.78 is 0. The Morgan fingerprint density at radius 2 is 1.24 bits per heavy atom. The minimum atomic E-state index is -0.389. The number of hydrogen-bond acceptors (Lipinski definition) is 5. The van der Waals surface area contributed by atoms with Gasteiger partial charge in [-0.1, -0.05) is 36.4 Å². The molecule has 126 valence electrons. The first-order valence-corrected chi connectivity index (χ1v) is 7.93. The van der Waals surface area contributed by atoms with Crippen LogP contribution in [0.3, 0.4) is 0 Å². The second-order valence-corrected chi connectivity index (χ2v) is 5.50. The third-order valence-electron chi connectivity index (χ3n) is 3.62. The van der Waals surface area contributed by atoms with Gasteiger partial charge in [0.1, 0.15) is 0 Å². The van der Waals surface area contributed by atoms with E-state index in [0.717, 1.165) is 11.4 Å². The van der Waals surface area contributed by atoms with Crippen molar-refractivity contribution in [1.82, 2.24) is 4.98 Å². The zero-order valence-corrected chi connectivity index (χ0v) is 13.6. The summed E-state index contributed by atoms with van der Waals surface area (Å²) in [6.45, 7) is 0.841. The Balaban J connectivity index is 1.73. The molecule has 0 fully saturated rings. The van der Waals surface area contributed by atoms with Crippen LogP contribution in [0.5, 0.6) is 0 Å². The number of hydrogen-bond donors (Lipinski definition) is 2. The van der Waals surface area contributed by atoms with Gasteiger partial charge >= 0.3 is 0 Å². The average molecular weight is 334 g/mol. The second kappa shape index (κ2) is 7.92. The van der Waals surface area contributed by atoms with Crippen LogP contribution in [0.1, 0.15) is 11.4 Å². The van der Waals surface area contributed by atoms with Gasteiger partial charge in [-0.05, 0) is 24.3 Å². The fraction of sp³-hybridized carbons (Fsp3) is 0.105. The Morgan fingerprint density at radius 3 is 1.64 bits per heavy atom. The van der Waals surface area contributed by atoms with Gasteiger partial charge < -0.3 is 10.6 Å². The Bertz CT molecular complexity index is 777. The fourth-order valence-corrected chi connectivity index (χ4v) is 2.42. The molecule has 1 heterocycles. The van der Waals surface area contributed by atoms with Crippen LogP contribution in [0.4, 0.5) is 17.1 Å². The maximum atomic E-state index is 11.2. The van der Waals surface area contributed by atoms with E-state index in [2.05, 4.69) is 15.6 Å². The van der Waals surface area contributed by atoms with Crippen LogP contribution in [0.25, 0.3) is 0 Å². The van der Waals surface area contributed by atoms with E-state index in [-0.39, 0.29) is 10.6 Å². The van der Waals surface area contributed by atoms with Crippen molar-refractivity contribution in [3.05, 3.63) is 94.3 Å². The molecular weight excluding hydrogens is 316 g/mol. The highest BCUT2D eigenvalue weighted by atomic mass is 16.6. The molecule has 2 N–H and O–H groups in total. The minimum Gasteiger partial charge on any atom is -0.379 e. The topological polar surface area (TPSA) is 80.1 Å². The number of benzene rings is 2. The molecule has 0 aliphatic rings. The Hall–Kier alpha value is -3.41. The Morgan fingerprint density at radius 1 is 0.800 bits per heavy atom. The summed E-state index contributed by atoms with van der Waals surface area (Å²) in [7, 11) is 0. The number of aromatic nitrogens is 1. The van der Waals surface area contributed by atoms with Crippen molar-refractivity contribution >= 4 is 17.1 Å². The monoisotopic (exact) mass is 334 g/mol. The lowest BCUT2D eigenvalue weighted by Crippen LogP contribution is -2.08. The summed E-state index contributed by atoms with van der Waals surface area (Å²) in [5.41, 5.74) is 3.19. The van der Waals surface area contributed by atoms with E-state index in [0.29, 0.717) is 24.5 Å².